The fraction of sp³-hybridized carbons (Fsp3) is 0.400. The first-order valence-electron chi connectivity index (χ1n) is 9.11. The molecule has 4 nitrogen and oxygen atoms in total. The highest BCUT2D eigenvalue weighted by molar-refractivity contribution is 6.30. The van der Waals surface area contributed by atoms with Gasteiger partial charge in [0.25, 0.3) is 0 Å². The molecule has 0 spiro atoms. The maximum Gasteiger partial charge on any atom is 0.227 e. The van der Waals surface area contributed by atoms with Gasteiger partial charge in [-0.3, -0.25) is 4.79 Å². The van der Waals surface area contributed by atoms with E-state index in [1.54, 1.807) is 6.20 Å². The van der Waals surface area contributed by atoms with Crippen LogP contribution in [0, 0.1) is 17.6 Å². The van der Waals surface area contributed by atoms with Crippen LogP contribution < -0.4 is 4.90 Å². The maximum absolute atomic E-state index is 13.9. The van der Waals surface area contributed by atoms with Gasteiger partial charge in [0.1, 0.15) is 17.5 Å². The van der Waals surface area contributed by atoms with Gasteiger partial charge in [0.05, 0.1) is 17.5 Å². The number of anilines is 1. The van der Waals surface area contributed by atoms with E-state index in [2.05, 4.69) is 9.88 Å². The van der Waals surface area contributed by atoms with Crippen LogP contribution in [0.25, 0.3) is 0 Å². The fourth-order valence-corrected chi connectivity index (χ4v) is 4.25. The molecule has 0 N–H and O–H groups in total. The number of amides is 1. The van der Waals surface area contributed by atoms with E-state index in [1.807, 2.05) is 17.0 Å². The number of rotatable bonds is 3. The summed E-state index contributed by atoms with van der Waals surface area (Å²) < 4.78 is 27.0. The van der Waals surface area contributed by atoms with Crippen LogP contribution in [0.5, 0.6) is 0 Å². The number of fused-ring (bicyclic) bond motifs is 1. The number of halogens is 3. The quantitative estimate of drug-likeness (QED) is 0.800. The second-order valence-corrected chi connectivity index (χ2v) is 7.62. The molecule has 142 valence electrons. The molecule has 2 aliphatic heterocycles. The van der Waals surface area contributed by atoms with Crippen LogP contribution in [0.15, 0.2) is 36.5 Å². The molecule has 1 aromatic carbocycles. The Morgan fingerprint density at radius 2 is 2.00 bits per heavy atom. The van der Waals surface area contributed by atoms with E-state index >= 15 is 0 Å². The third kappa shape index (κ3) is 3.76. The standard InChI is InChI=1S/C20H20ClF2N3O/c21-15-2-4-19(24-11-15)25-7-5-13-6-8-26(18(13)12-25)20(27)9-14-1-3-16(22)10-17(14)23/h1-4,10-11,13,18H,5-9,12H2. The lowest BCUT2D eigenvalue weighted by atomic mass is 9.92. The Balaban J connectivity index is 1.47. The van der Waals surface area contributed by atoms with Crippen molar-refractivity contribution in [2.45, 2.75) is 25.3 Å². The predicted octanol–water partition coefficient (Wildman–Crippen LogP) is 3.68. The molecule has 1 aromatic heterocycles. The summed E-state index contributed by atoms with van der Waals surface area (Å²) >= 11 is 5.92. The van der Waals surface area contributed by atoms with E-state index in [-0.39, 0.29) is 23.9 Å². The lowest BCUT2D eigenvalue weighted by Crippen LogP contribution is -2.50. The number of likely N-dealkylation sites (tertiary alicyclic amines) is 1. The summed E-state index contributed by atoms with van der Waals surface area (Å²) in [5, 5.41) is 0.590. The van der Waals surface area contributed by atoms with Gasteiger partial charge in [0, 0.05) is 31.9 Å². The smallest absolute Gasteiger partial charge is 0.227 e. The Hall–Kier alpha value is -2.21. The monoisotopic (exact) mass is 391 g/mol. The van der Waals surface area contributed by atoms with Gasteiger partial charge in [-0.15, -0.1) is 0 Å². The molecule has 2 aromatic rings. The van der Waals surface area contributed by atoms with Gasteiger partial charge in [-0.25, -0.2) is 13.8 Å². The van der Waals surface area contributed by atoms with Crippen molar-refractivity contribution in [3.63, 3.8) is 0 Å². The zero-order valence-electron chi connectivity index (χ0n) is 14.7. The summed E-state index contributed by atoms with van der Waals surface area (Å²) in [6.45, 7) is 2.28. The SMILES string of the molecule is O=C(Cc1ccc(F)cc1F)N1CCC2CCN(c3ccc(Cl)cn3)CC21. The Morgan fingerprint density at radius 3 is 2.74 bits per heavy atom. The fourth-order valence-electron chi connectivity index (χ4n) is 4.14. The van der Waals surface area contributed by atoms with Crippen molar-refractivity contribution >= 4 is 23.3 Å². The minimum atomic E-state index is -0.672. The minimum Gasteiger partial charge on any atom is -0.355 e. The van der Waals surface area contributed by atoms with Gasteiger partial charge < -0.3 is 9.80 Å². The van der Waals surface area contributed by atoms with E-state index in [0.29, 0.717) is 24.0 Å². The van der Waals surface area contributed by atoms with Crippen LogP contribution >= 0.6 is 11.6 Å². The molecule has 2 unspecified atom stereocenters. The lowest BCUT2D eigenvalue weighted by molar-refractivity contribution is -0.131. The van der Waals surface area contributed by atoms with Gasteiger partial charge in [-0.05, 0) is 42.5 Å². The maximum atomic E-state index is 13.9. The topological polar surface area (TPSA) is 36.4 Å². The molecule has 0 radical (unpaired) electrons. The lowest BCUT2D eigenvalue weighted by Gasteiger charge is -2.39. The van der Waals surface area contributed by atoms with E-state index in [4.69, 9.17) is 11.6 Å². The molecular weight excluding hydrogens is 372 g/mol. The molecule has 7 heteroatoms. The van der Waals surface area contributed by atoms with E-state index in [9.17, 15) is 13.6 Å². The van der Waals surface area contributed by atoms with Crippen molar-refractivity contribution in [3.8, 4) is 0 Å². The van der Waals surface area contributed by atoms with Crippen molar-refractivity contribution in [1.82, 2.24) is 9.88 Å². The number of carbonyl (C=O) groups is 1. The summed E-state index contributed by atoms with van der Waals surface area (Å²) in [5.74, 6) is -0.116. The van der Waals surface area contributed by atoms with Gasteiger partial charge in [0.2, 0.25) is 5.91 Å². The molecule has 0 bridgehead atoms. The third-order valence-corrected chi connectivity index (χ3v) is 5.80. The van der Waals surface area contributed by atoms with Gasteiger partial charge in [-0.2, -0.15) is 0 Å². The minimum absolute atomic E-state index is 0.0471. The van der Waals surface area contributed by atoms with Crippen molar-refractivity contribution in [2.75, 3.05) is 24.5 Å². The van der Waals surface area contributed by atoms with E-state index < -0.39 is 11.6 Å². The molecule has 2 atom stereocenters. The number of benzene rings is 1. The molecule has 4 rings (SSSR count). The van der Waals surface area contributed by atoms with Crippen LogP contribution in [-0.2, 0) is 11.2 Å². The van der Waals surface area contributed by atoms with Crippen molar-refractivity contribution in [1.29, 1.82) is 0 Å². The predicted molar refractivity (Wildman–Crippen MR) is 99.7 cm³/mol. The van der Waals surface area contributed by atoms with E-state index in [1.165, 1.54) is 12.1 Å². The van der Waals surface area contributed by atoms with Gasteiger partial charge in [0.15, 0.2) is 0 Å². The summed E-state index contributed by atoms with van der Waals surface area (Å²) in [5.41, 5.74) is 0.233. The van der Waals surface area contributed by atoms with Crippen LogP contribution in [0.4, 0.5) is 14.6 Å². The number of piperidine rings is 1. The summed E-state index contributed by atoms with van der Waals surface area (Å²) in [6.07, 6.45) is 3.53. The third-order valence-electron chi connectivity index (χ3n) is 5.58. The highest BCUT2D eigenvalue weighted by Gasteiger charge is 2.40. The molecule has 0 aliphatic carbocycles. The van der Waals surface area contributed by atoms with Gasteiger partial charge >= 0.3 is 0 Å². The highest BCUT2D eigenvalue weighted by atomic mass is 35.5. The summed E-state index contributed by atoms with van der Waals surface area (Å²) in [7, 11) is 0. The van der Waals surface area contributed by atoms with Crippen molar-refractivity contribution in [3.05, 3.63) is 58.7 Å². The van der Waals surface area contributed by atoms with Crippen LogP contribution in [-0.4, -0.2) is 41.5 Å². The number of hydrogen-bond donors (Lipinski definition) is 0. The highest BCUT2D eigenvalue weighted by Crippen LogP contribution is 2.33. The number of carbonyl (C=O) groups excluding carboxylic acids is 1. The average molecular weight is 392 g/mol. The van der Waals surface area contributed by atoms with Crippen molar-refractivity contribution in [2.24, 2.45) is 5.92 Å². The second-order valence-electron chi connectivity index (χ2n) is 7.19. The Kier molecular flexibility index (Phi) is 5.00. The molecule has 1 amide bonds. The Labute approximate surface area is 161 Å². The summed E-state index contributed by atoms with van der Waals surface area (Å²) in [6, 6.07) is 7.15. The molecule has 2 aliphatic rings. The number of nitrogens with zero attached hydrogens (tertiary/aromatic N) is 3. The first-order valence-corrected chi connectivity index (χ1v) is 9.49. The largest absolute Gasteiger partial charge is 0.355 e. The molecule has 2 saturated heterocycles. The molecule has 3 heterocycles. The molecule has 0 saturated carbocycles. The van der Waals surface area contributed by atoms with E-state index in [0.717, 1.165) is 31.3 Å². The molecule has 2 fully saturated rings. The summed E-state index contributed by atoms with van der Waals surface area (Å²) in [4.78, 5) is 21.2. The van der Waals surface area contributed by atoms with Crippen LogP contribution in [0.1, 0.15) is 18.4 Å². The zero-order chi connectivity index (χ0) is 19.0. The van der Waals surface area contributed by atoms with Gasteiger partial charge in [-0.1, -0.05) is 17.7 Å². The van der Waals surface area contributed by atoms with Crippen LogP contribution in [0.2, 0.25) is 5.02 Å². The first kappa shape index (κ1) is 18.2. The average Bonchev–Trinajstić information content (AvgIpc) is 3.08. The second kappa shape index (κ2) is 7.43. The Bertz CT molecular complexity index is 846. The van der Waals surface area contributed by atoms with Crippen LogP contribution in [0.3, 0.4) is 0 Å². The molecular formula is C20H20ClF2N3O. The number of pyridine rings is 1. The Morgan fingerprint density at radius 1 is 1.19 bits per heavy atom. The first-order chi connectivity index (χ1) is 13.0. The number of aromatic nitrogens is 1. The normalized spacial score (nSPS) is 22.0. The van der Waals surface area contributed by atoms with Crippen molar-refractivity contribution < 1.29 is 13.6 Å². The number of hydrogen-bond acceptors (Lipinski definition) is 3. The molecule has 27 heavy (non-hydrogen) atoms. The zero-order valence-corrected chi connectivity index (χ0v) is 15.5.